The molecule has 0 aromatic heterocycles. The highest BCUT2D eigenvalue weighted by Gasteiger charge is 2.50. The minimum atomic E-state index is -1.18. The van der Waals surface area contributed by atoms with Crippen molar-refractivity contribution in [3.63, 3.8) is 0 Å². The molecule has 0 bridgehead atoms. The van der Waals surface area contributed by atoms with Gasteiger partial charge in [-0.1, -0.05) is 36.4 Å². The smallest absolute Gasteiger partial charge is 0.229 e. The maximum atomic E-state index is 13.3. The number of hydrogen-bond acceptors (Lipinski definition) is 3. The zero-order chi connectivity index (χ0) is 23.1. The Balaban J connectivity index is 1.50. The van der Waals surface area contributed by atoms with Gasteiger partial charge in [0, 0.05) is 29.9 Å². The van der Waals surface area contributed by atoms with Crippen molar-refractivity contribution in [3.05, 3.63) is 71.0 Å². The van der Waals surface area contributed by atoms with Gasteiger partial charge in [-0.15, -0.1) is 4.72 Å². The van der Waals surface area contributed by atoms with E-state index in [1.54, 1.807) is 12.1 Å². The van der Waals surface area contributed by atoms with Crippen LogP contribution in [0.5, 0.6) is 0 Å². The molecule has 172 valence electrons. The Morgan fingerprint density at radius 2 is 1.78 bits per heavy atom. The fourth-order valence-corrected chi connectivity index (χ4v) is 6.01. The standard InChI is InChI=1S/C26H33FN2O2S/c1-18(19-9-11-21(27)12-10-19)24(30)29-15-13-26(14-16-29)17-20-7-5-6-8-22(20)23(26)28-32(31)25(2,3)4/h5-12,18,23,28H,13-17H2,1-4H3/t18?,23-,32-/m1/s1. The van der Waals surface area contributed by atoms with Gasteiger partial charge in [-0.3, -0.25) is 4.79 Å². The van der Waals surface area contributed by atoms with Crippen LogP contribution in [0.4, 0.5) is 4.39 Å². The van der Waals surface area contributed by atoms with Gasteiger partial charge >= 0.3 is 0 Å². The van der Waals surface area contributed by atoms with Crippen LogP contribution in [-0.4, -0.2) is 33.2 Å². The van der Waals surface area contributed by atoms with Crippen molar-refractivity contribution in [2.75, 3.05) is 13.1 Å². The molecule has 0 saturated carbocycles. The number of hydrogen-bond donors (Lipinski definition) is 1. The SMILES string of the molecule is CC(C(=O)N1CCC2(CC1)Cc1ccccc1[C@H]2N[S@+]([O-])C(C)(C)C)c1ccc(F)cc1. The van der Waals surface area contributed by atoms with E-state index in [0.717, 1.165) is 24.8 Å². The highest BCUT2D eigenvalue weighted by molar-refractivity contribution is 7.90. The molecule has 6 heteroatoms. The van der Waals surface area contributed by atoms with Crippen LogP contribution in [0.15, 0.2) is 48.5 Å². The average Bonchev–Trinajstić information content (AvgIpc) is 3.06. The summed E-state index contributed by atoms with van der Waals surface area (Å²) in [4.78, 5) is 15.1. The second-order valence-corrected chi connectivity index (χ2v) is 12.3. The monoisotopic (exact) mass is 456 g/mol. The largest absolute Gasteiger partial charge is 0.598 e. The molecular formula is C26H33FN2O2S. The maximum Gasteiger partial charge on any atom is 0.229 e. The number of benzene rings is 2. The molecule has 1 aliphatic heterocycles. The summed E-state index contributed by atoms with van der Waals surface area (Å²) >= 11 is -1.18. The molecule has 1 spiro atoms. The number of likely N-dealkylation sites (tertiary alicyclic amines) is 1. The van der Waals surface area contributed by atoms with Gasteiger partial charge in [0.2, 0.25) is 5.91 Å². The molecular weight excluding hydrogens is 423 g/mol. The number of fused-ring (bicyclic) bond motifs is 1. The van der Waals surface area contributed by atoms with E-state index in [-0.39, 0.29) is 33.8 Å². The van der Waals surface area contributed by atoms with Crippen molar-refractivity contribution >= 4 is 17.3 Å². The van der Waals surface area contributed by atoms with Crippen LogP contribution in [-0.2, 0) is 22.6 Å². The van der Waals surface area contributed by atoms with Crippen molar-refractivity contribution < 1.29 is 13.7 Å². The van der Waals surface area contributed by atoms with Crippen LogP contribution in [0.1, 0.15) is 69.2 Å². The number of amides is 1. The maximum absolute atomic E-state index is 13.3. The van der Waals surface area contributed by atoms with Crippen LogP contribution >= 0.6 is 0 Å². The highest BCUT2D eigenvalue weighted by atomic mass is 32.2. The fraction of sp³-hybridized carbons (Fsp3) is 0.500. The van der Waals surface area contributed by atoms with E-state index in [2.05, 4.69) is 29.0 Å². The lowest BCUT2D eigenvalue weighted by molar-refractivity contribution is -0.135. The van der Waals surface area contributed by atoms with Gasteiger partial charge in [0.25, 0.3) is 0 Å². The van der Waals surface area contributed by atoms with Gasteiger partial charge in [0.1, 0.15) is 10.6 Å². The fourth-order valence-electron chi connectivity index (χ4n) is 5.07. The van der Waals surface area contributed by atoms with Gasteiger partial charge in [-0.2, -0.15) is 0 Å². The molecule has 1 unspecified atom stereocenters. The predicted octanol–water partition coefficient (Wildman–Crippen LogP) is 4.89. The number of piperidine rings is 1. The average molecular weight is 457 g/mol. The Morgan fingerprint density at radius 1 is 1.16 bits per heavy atom. The Morgan fingerprint density at radius 3 is 2.41 bits per heavy atom. The van der Waals surface area contributed by atoms with Gasteiger partial charge in [-0.05, 0) is 75.8 Å². The molecule has 1 N–H and O–H groups in total. The number of carbonyl (C=O) groups excluding carboxylic acids is 1. The molecule has 2 aromatic rings. The van der Waals surface area contributed by atoms with E-state index in [0.29, 0.717) is 13.1 Å². The lowest BCUT2D eigenvalue weighted by Crippen LogP contribution is -2.51. The summed E-state index contributed by atoms with van der Waals surface area (Å²) in [5.74, 6) is -0.502. The normalized spacial score (nSPS) is 21.9. The van der Waals surface area contributed by atoms with Crippen LogP contribution in [0, 0.1) is 11.2 Å². The van der Waals surface area contributed by atoms with Gasteiger partial charge in [-0.25, -0.2) is 4.39 Å². The third-order valence-corrected chi connectivity index (χ3v) is 8.68. The second kappa shape index (κ2) is 8.81. The van der Waals surface area contributed by atoms with Crippen LogP contribution in [0.25, 0.3) is 0 Å². The molecule has 1 aliphatic carbocycles. The van der Waals surface area contributed by atoms with E-state index in [4.69, 9.17) is 0 Å². The Bertz CT molecular complexity index is 965. The van der Waals surface area contributed by atoms with Crippen LogP contribution < -0.4 is 4.72 Å². The molecule has 0 radical (unpaired) electrons. The molecule has 1 saturated heterocycles. The second-order valence-electron chi connectivity index (χ2n) is 10.3. The van der Waals surface area contributed by atoms with Crippen LogP contribution in [0.2, 0.25) is 0 Å². The van der Waals surface area contributed by atoms with Gasteiger partial charge in [0.15, 0.2) is 0 Å². The zero-order valence-corrected chi connectivity index (χ0v) is 20.2. The van der Waals surface area contributed by atoms with Crippen molar-refractivity contribution in [2.24, 2.45) is 5.41 Å². The molecule has 3 atom stereocenters. The summed E-state index contributed by atoms with van der Waals surface area (Å²) < 4.78 is 29.4. The number of halogens is 1. The third kappa shape index (κ3) is 4.45. The van der Waals surface area contributed by atoms with Crippen molar-refractivity contribution in [2.45, 2.75) is 63.7 Å². The summed E-state index contributed by atoms with van der Waals surface area (Å²) in [6.07, 6.45) is 2.67. The third-order valence-electron chi connectivity index (χ3n) is 7.11. The quantitative estimate of drug-likeness (QED) is 0.667. The van der Waals surface area contributed by atoms with Gasteiger partial charge in [0.05, 0.1) is 12.0 Å². The first-order chi connectivity index (χ1) is 15.1. The minimum absolute atomic E-state index is 0.0190. The van der Waals surface area contributed by atoms with E-state index in [1.807, 2.05) is 32.6 Å². The van der Waals surface area contributed by atoms with Gasteiger partial charge < -0.3 is 9.45 Å². The van der Waals surface area contributed by atoms with Crippen molar-refractivity contribution in [1.82, 2.24) is 9.62 Å². The first kappa shape index (κ1) is 23.3. The number of rotatable bonds is 4. The minimum Gasteiger partial charge on any atom is -0.598 e. The van der Waals surface area contributed by atoms with E-state index >= 15 is 0 Å². The number of carbonyl (C=O) groups is 1. The first-order valence-corrected chi connectivity index (χ1v) is 12.6. The molecule has 2 aliphatic rings. The predicted molar refractivity (Wildman–Crippen MR) is 127 cm³/mol. The summed E-state index contributed by atoms with van der Waals surface area (Å²) in [6.45, 7) is 9.21. The van der Waals surface area contributed by atoms with E-state index < -0.39 is 11.4 Å². The molecule has 1 fully saturated rings. The summed E-state index contributed by atoms with van der Waals surface area (Å²) in [5, 5.41) is 0. The van der Waals surface area contributed by atoms with Crippen LogP contribution in [0.3, 0.4) is 0 Å². The molecule has 4 nitrogen and oxygen atoms in total. The van der Waals surface area contributed by atoms with Crippen molar-refractivity contribution in [3.8, 4) is 0 Å². The number of nitrogens with zero attached hydrogens (tertiary/aromatic N) is 1. The lowest BCUT2D eigenvalue weighted by atomic mass is 9.73. The molecule has 4 rings (SSSR count). The Labute approximate surface area is 193 Å². The number of nitrogens with one attached hydrogen (secondary N) is 1. The molecule has 1 amide bonds. The lowest BCUT2D eigenvalue weighted by Gasteiger charge is -2.44. The van der Waals surface area contributed by atoms with Crippen molar-refractivity contribution in [1.29, 1.82) is 0 Å². The van der Waals surface area contributed by atoms with E-state index in [9.17, 15) is 13.7 Å². The molecule has 1 heterocycles. The zero-order valence-electron chi connectivity index (χ0n) is 19.4. The molecule has 32 heavy (non-hydrogen) atoms. The summed E-state index contributed by atoms with van der Waals surface area (Å²) in [5.41, 5.74) is 3.35. The summed E-state index contributed by atoms with van der Waals surface area (Å²) in [6, 6.07) is 14.7. The Hall–Kier alpha value is -1.89. The summed E-state index contributed by atoms with van der Waals surface area (Å²) in [7, 11) is 0. The first-order valence-electron chi connectivity index (χ1n) is 11.4. The van der Waals surface area contributed by atoms with E-state index in [1.165, 1.54) is 23.3 Å². The highest BCUT2D eigenvalue weighted by Crippen LogP contribution is 2.52. The topological polar surface area (TPSA) is 55.4 Å². The Kier molecular flexibility index (Phi) is 6.40. The molecule has 2 aromatic carbocycles.